The summed E-state index contributed by atoms with van der Waals surface area (Å²) in [6.45, 7) is 5.95. The first-order valence-electron chi connectivity index (χ1n) is 9.26. The number of imidazole rings is 1. The maximum absolute atomic E-state index is 10.6. The molecule has 6 nitrogen and oxygen atoms in total. The van der Waals surface area contributed by atoms with Crippen molar-refractivity contribution in [1.29, 1.82) is 0 Å². The van der Waals surface area contributed by atoms with Crippen molar-refractivity contribution in [3.63, 3.8) is 0 Å². The molecule has 0 aliphatic rings. The average molecular weight is 362 g/mol. The van der Waals surface area contributed by atoms with E-state index in [0.717, 1.165) is 22.2 Å². The summed E-state index contributed by atoms with van der Waals surface area (Å²) in [5.41, 5.74) is 7.64. The summed E-state index contributed by atoms with van der Waals surface area (Å²) >= 11 is 0. The lowest BCUT2D eigenvalue weighted by Gasteiger charge is -2.35. The number of hydrogen-bond acceptors (Lipinski definition) is 5. The molecule has 0 atom stereocenters. The van der Waals surface area contributed by atoms with E-state index in [4.69, 9.17) is 15.5 Å². The Bertz CT molecular complexity index is 1010. The smallest absolute Gasteiger partial charge is 0.152 e. The van der Waals surface area contributed by atoms with Crippen LogP contribution >= 0.6 is 0 Å². The van der Waals surface area contributed by atoms with Crippen molar-refractivity contribution in [2.45, 2.75) is 43.7 Å². The number of fused-ring (bicyclic) bond motifs is 3. The van der Waals surface area contributed by atoms with Crippen LogP contribution in [-0.4, -0.2) is 62.0 Å². The molecule has 2 heterocycles. The largest absolute Gasteiger partial charge is 0.397 e. The van der Waals surface area contributed by atoms with Gasteiger partial charge in [-0.3, -0.25) is 0 Å². The van der Waals surface area contributed by atoms with Gasteiger partial charge < -0.3 is 20.1 Å². The molecule has 0 saturated carbocycles. The Balaban J connectivity index is 2.38. The summed E-state index contributed by atoms with van der Waals surface area (Å²) < 4.78 is 8.35. The number of ether oxygens (including phenoxy) is 1. The second-order valence-corrected chi connectivity index (χ2v) is 9.27. The molecular formula is C17H26B4N4O2. The minimum absolute atomic E-state index is 0.354. The number of nitrogen functional groups attached to an aromatic ring is 1. The summed E-state index contributed by atoms with van der Waals surface area (Å²) in [6.07, 6.45) is 0. The highest BCUT2D eigenvalue weighted by molar-refractivity contribution is 6.42. The van der Waals surface area contributed by atoms with E-state index in [1.165, 1.54) is 0 Å². The molecule has 0 amide bonds. The number of aliphatic hydroxyl groups is 1. The van der Waals surface area contributed by atoms with Crippen LogP contribution < -0.4 is 5.73 Å². The van der Waals surface area contributed by atoms with Crippen molar-refractivity contribution in [1.82, 2.24) is 14.5 Å². The fourth-order valence-electron chi connectivity index (χ4n) is 3.67. The van der Waals surface area contributed by atoms with Gasteiger partial charge >= 0.3 is 0 Å². The lowest BCUT2D eigenvalue weighted by Crippen LogP contribution is -2.45. The maximum Gasteiger partial charge on any atom is 0.152 e. The lowest BCUT2D eigenvalue weighted by molar-refractivity contribution is 0.0218. The van der Waals surface area contributed by atoms with Gasteiger partial charge in [0.2, 0.25) is 0 Å². The molecule has 3 aromatic rings. The van der Waals surface area contributed by atoms with Crippen LogP contribution in [0.2, 0.25) is 0 Å². The van der Waals surface area contributed by atoms with Gasteiger partial charge in [0.15, 0.2) is 5.82 Å². The Morgan fingerprint density at radius 3 is 2.33 bits per heavy atom. The fourth-order valence-corrected chi connectivity index (χ4v) is 3.67. The summed E-state index contributed by atoms with van der Waals surface area (Å²) in [6, 6.07) is 7.85. The molecule has 0 radical (unpaired) electrons. The van der Waals surface area contributed by atoms with Crippen molar-refractivity contribution in [2.75, 3.05) is 5.73 Å². The van der Waals surface area contributed by atoms with Gasteiger partial charge in [0, 0.05) is 10.8 Å². The lowest BCUT2D eigenvalue weighted by atomic mass is 9.60. The van der Waals surface area contributed by atoms with Crippen LogP contribution in [0.1, 0.15) is 26.6 Å². The number of aromatic nitrogens is 3. The summed E-state index contributed by atoms with van der Waals surface area (Å²) in [7, 11) is 8.02. The van der Waals surface area contributed by atoms with Gasteiger partial charge in [-0.05, 0) is 19.9 Å². The molecule has 2 aromatic heterocycles. The van der Waals surface area contributed by atoms with Crippen LogP contribution in [0, 0.1) is 0 Å². The van der Waals surface area contributed by atoms with Gasteiger partial charge in [0.1, 0.15) is 42.7 Å². The number of hydrogen-bond donors (Lipinski definition) is 2. The molecule has 138 valence electrons. The van der Waals surface area contributed by atoms with Crippen LogP contribution in [0.25, 0.3) is 21.9 Å². The predicted octanol–water partition coefficient (Wildman–Crippen LogP) is -1.73. The van der Waals surface area contributed by atoms with Crippen LogP contribution in [0.3, 0.4) is 0 Å². The molecule has 0 bridgehead atoms. The molecule has 3 N–H and O–H groups in total. The van der Waals surface area contributed by atoms with Gasteiger partial charge in [-0.15, -0.1) is 0 Å². The molecule has 0 unspecified atom stereocenters. The van der Waals surface area contributed by atoms with Gasteiger partial charge in [-0.2, -0.15) is 0 Å². The van der Waals surface area contributed by atoms with E-state index in [0.29, 0.717) is 17.9 Å². The first-order valence-corrected chi connectivity index (χ1v) is 9.26. The molecule has 0 saturated heterocycles. The molecule has 0 fully saturated rings. The van der Waals surface area contributed by atoms with Crippen molar-refractivity contribution in [2.24, 2.45) is 0 Å². The third kappa shape index (κ3) is 4.01. The third-order valence-corrected chi connectivity index (χ3v) is 4.26. The normalized spacial score (nSPS) is 13.5. The Labute approximate surface area is 163 Å². The van der Waals surface area contributed by atoms with E-state index < -0.39 is 11.0 Å². The molecule has 0 spiro atoms. The number of benzene rings is 1. The van der Waals surface area contributed by atoms with Crippen molar-refractivity contribution in [3.8, 4) is 0 Å². The van der Waals surface area contributed by atoms with Gasteiger partial charge in [-0.1, -0.05) is 25.1 Å². The minimum atomic E-state index is -0.931. The van der Waals surface area contributed by atoms with Crippen LogP contribution in [0.15, 0.2) is 24.3 Å². The second-order valence-electron chi connectivity index (χ2n) is 9.27. The Kier molecular flexibility index (Phi) is 4.64. The molecule has 1 aromatic carbocycles. The zero-order valence-corrected chi connectivity index (χ0v) is 17.3. The van der Waals surface area contributed by atoms with E-state index >= 15 is 0 Å². The summed E-state index contributed by atoms with van der Waals surface area (Å²) in [5, 5.41) is 10.5. The quantitative estimate of drug-likeness (QED) is 0.528. The Morgan fingerprint density at radius 2 is 1.74 bits per heavy atom. The van der Waals surface area contributed by atoms with Crippen molar-refractivity contribution in [3.05, 3.63) is 30.1 Å². The standard InChI is InChI=1S/C17H26B4N4O2/c1-15(2,26)8-25-12-9-6-4-5-7-10(9)23-13(22)11(12)24-14(25)17(20,21)27-16(3,18)19/h4-7,26H,8,18-21H2,1-3H3,(H2,22,23). The van der Waals surface area contributed by atoms with E-state index in [-0.39, 0.29) is 5.40 Å². The Morgan fingerprint density at radius 1 is 1.11 bits per heavy atom. The monoisotopic (exact) mass is 362 g/mol. The first kappa shape index (κ1) is 19.8. The highest BCUT2D eigenvalue weighted by atomic mass is 16.5. The Hall–Kier alpha value is -1.92. The number of pyridine rings is 1. The van der Waals surface area contributed by atoms with E-state index in [1.807, 2.05) is 67.1 Å². The topological polar surface area (TPSA) is 86.2 Å². The maximum atomic E-state index is 10.6. The van der Waals surface area contributed by atoms with E-state index in [2.05, 4.69) is 4.98 Å². The second kappa shape index (κ2) is 6.31. The van der Waals surface area contributed by atoms with Crippen LogP contribution in [0.5, 0.6) is 0 Å². The molecule has 0 aliphatic carbocycles. The molecule has 27 heavy (non-hydrogen) atoms. The summed E-state index contributed by atoms with van der Waals surface area (Å²) in [5.74, 6) is 1.10. The van der Waals surface area contributed by atoms with Gasteiger partial charge in [-0.25, -0.2) is 9.97 Å². The zero-order chi connectivity index (χ0) is 20.2. The molecule has 10 heteroatoms. The highest BCUT2D eigenvalue weighted by Gasteiger charge is 2.34. The number of nitrogens with two attached hydrogens (primary N) is 1. The van der Waals surface area contributed by atoms with E-state index in [1.54, 1.807) is 13.8 Å². The van der Waals surface area contributed by atoms with Crippen LogP contribution in [-0.2, 0) is 16.7 Å². The number of para-hydroxylation sites is 1. The molecule has 0 aliphatic heterocycles. The van der Waals surface area contributed by atoms with Crippen molar-refractivity contribution >= 4 is 59.1 Å². The minimum Gasteiger partial charge on any atom is -0.397 e. The SMILES string of the molecule is BC(B)(C)OC(B)(B)c1nc2c(N)nc3ccccc3c2n1CC(C)(C)O. The van der Waals surface area contributed by atoms with Crippen LogP contribution in [0.4, 0.5) is 5.82 Å². The highest BCUT2D eigenvalue weighted by Crippen LogP contribution is 2.33. The van der Waals surface area contributed by atoms with Crippen molar-refractivity contribution < 1.29 is 9.84 Å². The number of anilines is 1. The zero-order valence-electron chi connectivity index (χ0n) is 17.3. The average Bonchev–Trinajstić information content (AvgIpc) is 2.84. The summed E-state index contributed by atoms with van der Waals surface area (Å²) in [4.78, 5) is 9.35. The fraction of sp³-hybridized carbons (Fsp3) is 0.412. The number of rotatable bonds is 5. The third-order valence-electron chi connectivity index (χ3n) is 4.26. The number of nitrogens with zero attached hydrogens (tertiary/aromatic N) is 3. The van der Waals surface area contributed by atoms with E-state index in [9.17, 15) is 5.11 Å². The first-order chi connectivity index (χ1) is 12.3. The predicted molar refractivity (Wildman–Crippen MR) is 121 cm³/mol. The molecule has 3 rings (SSSR count). The van der Waals surface area contributed by atoms with Gasteiger partial charge in [0.05, 0.1) is 28.6 Å². The van der Waals surface area contributed by atoms with Gasteiger partial charge in [0.25, 0.3) is 0 Å². The molecular weight excluding hydrogens is 335 g/mol.